The number of hydrogen-bond donors (Lipinski definition) is 2. The molecule has 0 saturated carbocycles. The van der Waals surface area contributed by atoms with Gasteiger partial charge in [0.25, 0.3) is 5.91 Å². The van der Waals surface area contributed by atoms with Crippen LogP contribution in [0.1, 0.15) is 70.5 Å². The van der Waals surface area contributed by atoms with Gasteiger partial charge in [0.15, 0.2) is 5.69 Å². The van der Waals surface area contributed by atoms with E-state index >= 15 is 0 Å². The molecule has 4 rings (SSSR count). The number of ether oxygens (including phenoxy) is 1. The Morgan fingerprint density at radius 1 is 1.22 bits per heavy atom. The molecule has 32 heavy (non-hydrogen) atoms. The monoisotopic (exact) mass is 451 g/mol. The van der Waals surface area contributed by atoms with Crippen molar-refractivity contribution in [2.24, 2.45) is 0 Å². The number of halogens is 1. The second-order valence-electron chi connectivity index (χ2n) is 8.47. The highest BCUT2D eigenvalue weighted by molar-refractivity contribution is 6.30. The Balaban J connectivity index is 1.50. The van der Waals surface area contributed by atoms with Crippen LogP contribution in [-0.2, 0) is 17.6 Å². The van der Waals surface area contributed by atoms with Crippen molar-refractivity contribution in [2.75, 3.05) is 13.7 Å². The van der Waals surface area contributed by atoms with Gasteiger partial charge in [-0.2, -0.15) is 5.10 Å². The van der Waals surface area contributed by atoms with Gasteiger partial charge in [0.2, 0.25) is 0 Å². The zero-order valence-electron chi connectivity index (χ0n) is 18.4. The number of aromatic amines is 1. The fraction of sp³-hybridized carbons (Fsp3) is 0.385. The Kier molecular flexibility index (Phi) is 7.61. The molecule has 0 spiro atoms. The molecule has 5 nitrogen and oxygen atoms in total. The van der Waals surface area contributed by atoms with Gasteiger partial charge in [-0.1, -0.05) is 60.5 Å². The van der Waals surface area contributed by atoms with Crippen LogP contribution < -0.4 is 5.32 Å². The molecule has 2 N–H and O–H groups in total. The van der Waals surface area contributed by atoms with Gasteiger partial charge in [-0.05, 0) is 55.4 Å². The number of fused-ring (bicyclic) bond motifs is 1. The number of amides is 1. The van der Waals surface area contributed by atoms with Crippen LogP contribution in [0.15, 0.2) is 54.6 Å². The smallest absolute Gasteiger partial charge is 0.272 e. The molecule has 0 unspecified atom stereocenters. The fourth-order valence-electron chi connectivity index (χ4n) is 4.62. The van der Waals surface area contributed by atoms with Gasteiger partial charge >= 0.3 is 0 Å². The molecule has 0 radical (unpaired) electrons. The molecule has 0 bridgehead atoms. The first-order valence-corrected chi connectivity index (χ1v) is 11.7. The predicted octanol–water partition coefficient (Wildman–Crippen LogP) is 5.62. The first kappa shape index (κ1) is 22.6. The van der Waals surface area contributed by atoms with Gasteiger partial charge in [-0.25, -0.2) is 0 Å². The van der Waals surface area contributed by atoms with Gasteiger partial charge in [-0.3, -0.25) is 9.89 Å². The molecule has 0 aliphatic heterocycles. The topological polar surface area (TPSA) is 67.0 Å². The maximum atomic E-state index is 13.2. The van der Waals surface area contributed by atoms with E-state index in [0.29, 0.717) is 18.2 Å². The number of methoxy groups -OCH3 is 1. The summed E-state index contributed by atoms with van der Waals surface area (Å²) in [7, 11) is 1.65. The van der Waals surface area contributed by atoms with Gasteiger partial charge in [0, 0.05) is 29.3 Å². The summed E-state index contributed by atoms with van der Waals surface area (Å²) < 4.78 is 5.36. The minimum Gasteiger partial charge on any atom is -0.382 e. The first-order chi connectivity index (χ1) is 15.7. The second kappa shape index (κ2) is 10.8. The second-order valence-corrected chi connectivity index (χ2v) is 8.90. The number of rotatable bonds is 8. The van der Waals surface area contributed by atoms with Crippen LogP contribution >= 0.6 is 11.6 Å². The Bertz CT molecular complexity index is 1030. The van der Waals surface area contributed by atoms with Crippen molar-refractivity contribution in [2.45, 2.75) is 50.5 Å². The van der Waals surface area contributed by atoms with Crippen molar-refractivity contribution >= 4 is 17.5 Å². The van der Waals surface area contributed by atoms with Crippen molar-refractivity contribution in [1.29, 1.82) is 0 Å². The van der Waals surface area contributed by atoms with Crippen LogP contribution in [0.4, 0.5) is 0 Å². The summed E-state index contributed by atoms with van der Waals surface area (Å²) in [6.45, 7) is 0.407. The molecular formula is C26H30ClN3O2. The molecule has 1 aliphatic carbocycles. The zero-order chi connectivity index (χ0) is 22.3. The summed E-state index contributed by atoms with van der Waals surface area (Å²) in [5.74, 6) is 0.216. The molecule has 1 aromatic heterocycles. The van der Waals surface area contributed by atoms with Crippen LogP contribution in [0.5, 0.6) is 0 Å². The van der Waals surface area contributed by atoms with E-state index in [9.17, 15) is 4.79 Å². The lowest BCUT2D eigenvalue weighted by atomic mass is 9.91. The van der Waals surface area contributed by atoms with Crippen molar-refractivity contribution in [3.05, 3.63) is 87.7 Å². The molecule has 1 aliphatic rings. The van der Waals surface area contributed by atoms with Crippen LogP contribution in [0.25, 0.3) is 0 Å². The van der Waals surface area contributed by atoms with Crippen molar-refractivity contribution < 1.29 is 9.53 Å². The average Bonchev–Trinajstić information content (AvgIpc) is 3.12. The number of benzene rings is 2. The molecule has 3 aromatic rings. The van der Waals surface area contributed by atoms with Crippen molar-refractivity contribution in [3.8, 4) is 0 Å². The highest BCUT2D eigenvalue weighted by Crippen LogP contribution is 2.34. The molecule has 1 amide bonds. The largest absolute Gasteiger partial charge is 0.382 e. The van der Waals surface area contributed by atoms with Gasteiger partial charge in [-0.15, -0.1) is 0 Å². The summed E-state index contributed by atoms with van der Waals surface area (Å²) in [6.07, 6.45) is 6.17. The van der Waals surface area contributed by atoms with Crippen LogP contribution in [0.2, 0.25) is 5.02 Å². The zero-order valence-corrected chi connectivity index (χ0v) is 19.2. The number of aryl methyl sites for hydroxylation is 1. The van der Waals surface area contributed by atoms with E-state index in [-0.39, 0.29) is 11.9 Å². The molecule has 6 heteroatoms. The lowest BCUT2D eigenvalue weighted by Gasteiger charge is -2.18. The van der Waals surface area contributed by atoms with Crippen molar-refractivity contribution in [1.82, 2.24) is 15.5 Å². The predicted molar refractivity (Wildman–Crippen MR) is 127 cm³/mol. The van der Waals surface area contributed by atoms with E-state index in [1.165, 1.54) is 5.56 Å². The molecule has 0 saturated heterocycles. The standard InChI is InChI=1S/C26H30ClN3O2/c1-32-17-23(19-9-3-2-4-10-19)28-26(31)25-22-13-6-5-11-20(24(22)29-30-25)15-14-18-8-7-12-21(27)16-18/h2-4,7-10,12,16,20,23H,5-6,11,13-15,17H2,1H3,(H,28,31)(H,29,30)/t20-,23+/m1/s1. The number of hydrogen-bond acceptors (Lipinski definition) is 3. The van der Waals surface area contributed by atoms with Gasteiger partial charge in [0.1, 0.15) is 0 Å². The fourth-order valence-corrected chi connectivity index (χ4v) is 4.83. The van der Waals surface area contributed by atoms with E-state index in [1.807, 2.05) is 48.5 Å². The molecule has 0 fully saturated rings. The highest BCUT2D eigenvalue weighted by atomic mass is 35.5. The summed E-state index contributed by atoms with van der Waals surface area (Å²) in [4.78, 5) is 13.2. The minimum absolute atomic E-state index is 0.149. The minimum atomic E-state index is -0.217. The number of carbonyl (C=O) groups is 1. The SMILES string of the molecule is COC[C@H](NC(=O)c1n[nH]c2c1CCCC[C@@H]2CCc1cccc(Cl)c1)c1ccccc1. The van der Waals surface area contributed by atoms with Gasteiger partial charge < -0.3 is 10.1 Å². The number of carbonyl (C=O) groups excluding carboxylic acids is 1. The number of nitrogens with one attached hydrogen (secondary N) is 2. The Labute approximate surface area is 194 Å². The molecular weight excluding hydrogens is 422 g/mol. The van der Waals surface area contributed by atoms with E-state index < -0.39 is 0 Å². The van der Waals surface area contributed by atoms with Crippen molar-refractivity contribution in [3.63, 3.8) is 0 Å². The Hall–Kier alpha value is -2.63. The van der Waals surface area contributed by atoms with Gasteiger partial charge in [0.05, 0.1) is 12.6 Å². The number of aromatic nitrogens is 2. The van der Waals surface area contributed by atoms with E-state index in [4.69, 9.17) is 16.3 Å². The molecule has 2 atom stereocenters. The maximum absolute atomic E-state index is 13.2. The molecule has 1 heterocycles. The number of H-pyrrole nitrogens is 1. The summed E-state index contributed by atoms with van der Waals surface area (Å²) in [5, 5.41) is 11.6. The van der Waals surface area contributed by atoms with Crippen LogP contribution in [0.3, 0.4) is 0 Å². The molecule has 168 valence electrons. The summed E-state index contributed by atoms with van der Waals surface area (Å²) in [5.41, 5.74) is 4.97. The van der Waals surface area contributed by atoms with E-state index in [1.54, 1.807) is 7.11 Å². The Morgan fingerprint density at radius 2 is 2.06 bits per heavy atom. The molecule has 2 aromatic carbocycles. The van der Waals surface area contributed by atoms with Crippen LogP contribution in [-0.4, -0.2) is 29.8 Å². The summed E-state index contributed by atoms with van der Waals surface area (Å²) >= 11 is 6.15. The lowest BCUT2D eigenvalue weighted by Crippen LogP contribution is -2.32. The van der Waals surface area contributed by atoms with E-state index in [2.05, 4.69) is 21.6 Å². The summed E-state index contributed by atoms with van der Waals surface area (Å²) in [6, 6.07) is 17.7. The Morgan fingerprint density at radius 3 is 2.84 bits per heavy atom. The normalized spacial score (nSPS) is 16.8. The maximum Gasteiger partial charge on any atom is 0.272 e. The van der Waals surface area contributed by atoms with E-state index in [0.717, 1.165) is 60.4 Å². The highest BCUT2D eigenvalue weighted by Gasteiger charge is 2.27. The number of nitrogens with zero attached hydrogens (tertiary/aromatic N) is 1. The first-order valence-electron chi connectivity index (χ1n) is 11.3. The third kappa shape index (κ3) is 5.40. The van der Waals surface area contributed by atoms with Crippen LogP contribution in [0, 0.1) is 0 Å². The average molecular weight is 452 g/mol. The third-order valence-corrected chi connectivity index (χ3v) is 6.50. The third-order valence-electron chi connectivity index (χ3n) is 6.26. The quantitative estimate of drug-likeness (QED) is 0.436. The lowest BCUT2D eigenvalue weighted by molar-refractivity contribution is 0.0890.